The van der Waals surface area contributed by atoms with Crippen molar-refractivity contribution >= 4 is 0 Å². The average molecular weight is 247 g/mol. The summed E-state index contributed by atoms with van der Waals surface area (Å²) in [6, 6.07) is 8.48. The third kappa shape index (κ3) is 2.96. The molecule has 0 amide bonds. The molecule has 2 N–H and O–H groups in total. The van der Waals surface area contributed by atoms with Gasteiger partial charge in [0.2, 0.25) is 0 Å². The van der Waals surface area contributed by atoms with Crippen molar-refractivity contribution in [3.8, 4) is 0 Å². The molecular weight excluding hydrogens is 229 g/mol. The van der Waals surface area contributed by atoms with Gasteiger partial charge in [-0.25, -0.2) is 4.39 Å². The Labute approximate surface area is 106 Å². The summed E-state index contributed by atoms with van der Waals surface area (Å²) in [6.07, 6.45) is 2.61. The minimum absolute atomic E-state index is 0.152. The van der Waals surface area contributed by atoms with Crippen LogP contribution in [0.25, 0.3) is 0 Å². The van der Waals surface area contributed by atoms with E-state index in [4.69, 9.17) is 5.73 Å². The maximum atomic E-state index is 12.8. The average Bonchev–Trinajstić information content (AvgIpc) is 2.78. The van der Waals surface area contributed by atoms with Crippen LogP contribution in [0.15, 0.2) is 36.5 Å². The quantitative estimate of drug-likeness (QED) is 0.902. The van der Waals surface area contributed by atoms with Crippen LogP contribution in [0.1, 0.15) is 37.2 Å². The van der Waals surface area contributed by atoms with Crippen LogP contribution in [0.4, 0.5) is 4.39 Å². The van der Waals surface area contributed by atoms with E-state index in [2.05, 4.69) is 18.9 Å². The van der Waals surface area contributed by atoms with Crippen LogP contribution in [0, 0.1) is 5.82 Å². The van der Waals surface area contributed by atoms with Crippen LogP contribution >= 0.6 is 0 Å². The molecule has 0 aliphatic rings. The van der Waals surface area contributed by atoms with Gasteiger partial charge in [-0.05, 0) is 37.6 Å². The van der Waals surface area contributed by atoms with Gasteiger partial charge in [0.05, 0.1) is 5.69 Å². The molecule has 0 saturated heterocycles. The summed E-state index contributed by atoms with van der Waals surface area (Å²) in [7, 11) is 0. The lowest BCUT2D eigenvalue weighted by Crippen LogP contribution is -2.14. The maximum absolute atomic E-state index is 12.8. The largest absolute Gasteiger partial charge is 0.324 e. The van der Waals surface area contributed by atoms with E-state index >= 15 is 0 Å². The minimum atomic E-state index is -0.241. The second kappa shape index (κ2) is 5.31. The van der Waals surface area contributed by atoms with Gasteiger partial charge in [-0.3, -0.25) is 4.68 Å². The number of halogens is 1. The van der Waals surface area contributed by atoms with Crippen molar-refractivity contribution in [1.82, 2.24) is 9.78 Å². The summed E-state index contributed by atoms with van der Waals surface area (Å²) in [5.74, 6) is -0.241. The lowest BCUT2D eigenvalue weighted by Gasteiger charge is -2.10. The summed E-state index contributed by atoms with van der Waals surface area (Å²) >= 11 is 0. The zero-order valence-corrected chi connectivity index (χ0v) is 10.7. The van der Waals surface area contributed by atoms with E-state index in [-0.39, 0.29) is 11.9 Å². The Balaban J connectivity index is 2.06. The molecule has 0 aliphatic heterocycles. The number of hydrogen-bond acceptors (Lipinski definition) is 2. The summed E-state index contributed by atoms with van der Waals surface area (Å²) in [4.78, 5) is 0. The first-order valence-electron chi connectivity index (χ1n) is 6.11. The zero-order chi connectivity index (χ0) is 13.1. The highest BCUT2D eigenvalue weighted by Gasteiger charge is 2.10. The predicted octanol–water partition coefficient (Wildman–Crippen LogP) is 2.85. The number of rotatable bonds is 4. The number of nitrogens with two attached hydrogens (primary N) is 1. The lowest BCUT2D eigenvalue weighted by atomic mass is 10.0. The highest BCUT2D eigenvalue weighted by Crippen LogP contribution is 2.16. The Morgan fingerprint density at radius 1 is 1.22 bits per heavy atom. The van der Waals surface area contributed by atoms with Crippen LogP contribution in [0.2, 0.25) is 0 Å². The van der Waals surface area contributed by atoms with Crippen molar-refractivity contribution in [1.29, 1.82) is 0 Å². The van der Waals surface area contributed by atoms with Crippen molar-refractivity contribution < 1.29 is 4.39 Å². The van der Waals surface area contributed by atoms with Crippen LogP contribution in [0.5, 0.6) is 0 Å². The molecule has 0 aliphatic carbocycles. The summed E-state index contributed by atoms with van der Waals surface area (Å²) < 4.78 is 14.7. The summed E-state index contributed by atoms with van der Waals surface area (Å²) in [6.45, 7) is 4.16. The summed E-state index contributed by atoms with van der Waals surface area (Å²) in [5, 5.41) is 4.46. The van der Waals surface area contributed by atoms with E-state index in [1.165, 1.54) is 12.1 Å². The Morgan fingerprint density at radius 2 is 1.89 bits per heavy atom. The first-order chi connectivity index (χ1) is 8.56. The predicted molar refractivity (Wildman–Crippen MR) is 69.6 cm³/mol. The minimum Gasteiger partial charge on any atom is -0.324 e. The molecule has 0 fully saturated rings. The van der Waals surface area contributed by atoms with Crippen LogP contribution in [-0.4, -0.2) is 9.78 Å². The standard InChI is InChI=1S/C14H18FN3/c1-10(2)18-8-7-13(17-18)9-14(16)11-3-5-12(15)6-4-11/h3-8,10,14H,9,16H2,1-2H3. The van der Waals surface area contributed by atoms with Crippen LogP contribution in [-0.2, 0) is 6.42 Å². The van der Waals surface area contributed by atoms with Gasteiger partial charge in [0, 0.05) is 24.7 Å². The molecule has 1 aromatic heterocycles. The van der Waals surface area contributed by atoms with E-state index < -0.39 is 0 Å². The molecule has 18 heavy (non-hydrogen) atoms. The Bertz CT molecular complexity index is 502. The topological polar surface area (TPSA) is 43.8 Å². The third-order valence-electron chi connectivity index (χ3n) is 2.92. The SMILES string of the molecule is CC(C)n1ccc(CC(N)c2ccc(F)cc2)n1. The third-order valence-corrected chi connectivity index (χ3v) is 2.92. The van der Waals surface area contributed by atoms with E-state index in [9.17, 15) is 4.39 Å². The molecule has 4 heteroatoms. The van der Waals surface area contributed by atoms with Crippen LogP contribution < -0.4 is 5.73 Å². The van der Waals surface area contributed by atoms with Gasteiger partial charge >= 0.3 is 0 Å². The fraction of sp³-hybridized carbons (Fsp3) is 0.357. The van der Waals surface area contributed by atoms with Gasteiger partial charge < -0.3 is 5.73 Å². The molecule has 2 aromatic rings. The normalized spacial score (nSPS) is 12.9. The maximum Gasteiger partial charge on any atom is 0.123 e. The fourth-order valence-electron chi connectivity index (χ4n) is 1.83. The van der Waals surface area contributed by atoms with Crippen molar-refractivity contribution in [3.05, 3.63) is 53.6 Å². The number of aromatic nitrogens is 2. The Kier molecular flexibility index (Phi) is 3.77. The van der Waals surface area contributed by atoms with E-state index in [0.29, 0.717) is 12.5 Å². The molecule has 1 heterocycles. The number of benzene rings is 1. The number of hydrogen-bond donors (Lipinski definition) is 1. The van der Waals surface area contributed by atoms with Gasteiger partial charge in [0.25, 0.3) is 0 Å². The van der Waals surface area contributed by atoms with Gasteiger partial charge in [-0.15, -0.1) is 0 Å². The van der Waals surface area contributed by atoms with Crippen molar-refractivity contribution in [2.24, 2.45) is 5.73 Å². The molecule has 0 bridgehead atoms. The molecule has 1 aromatic carbocycles. The second-order valence-electron chi connectivity index (χ2n) is 4.74. The molecule has 1 atom stereocenters. The van der Waals surface area contributed by atoms with Crippen molar-refractivity contribution in [2.75, 3.05) is 0 Å². The second-order valence-corrected chi connectivity index (χ2v) is 4.74. The fourth-order valence-corrected chi connectivity index (χ4v) is 1.83. The highest BCUT2D eigenvalue weighted by molar-refractivity contribution is 5.21. The van der Waals surface area contributed by atoms with E-state index in [1.807, 2.05) is 16.9 Å². The van der Waals surface area contributed by atoms with Crippen molar-refractivity contribution in [2.45, 2.75) is 32.4 Å². The molecule has 0 radical (unpaired) electrons. The monoisotopic (exact) mass is 247 g/mol. The van der Waals surface area contributed by atoms with Gasteiger partial charge in [0.15, 0.2) is 0 Å². The molecule has 1 unspecified atom stereocenters. The van der Waals surface area contributed by atoms with E-state index in [1.54, 1.807) is 12.1 Å². The Morgan fingerprint density at radius 3 is 2.44 bits per heavy atom. The van der Waals surface area contributed by atoms with E-state index in [0.717, 1.165) is 11.3 Å². The van der Waals surface area contributed by atoms with Crippen LogP contribution in [0.3, 0.4) is 0 Å². The molecule has 3 nitrogen and oxygen atoms in total. The number of nitrogens with zero attached hydrogens (tertiary/aromatic N) is 2. The van der Waals surface area contributed by atoms with Gasteiger partial charge in [-0.2, -0.15) is 5.10 Å². The zero-order valence-electron chi connectivity index (χ0n) is 10.7. The molecule has 96 valence electrons. The molecule has 0 saturated carbocycles. The molecule has 0 spiro atoms. The smallest absolute Gasteiger partial charge is 0.123 e. The highest BCUT2D eigenvalue weighted by atomic mass is 19.1. The van der Waals surface area contributed by atoms with Gasteiger partial charge in [-0.1, -0.05) is 12.1 Å². The molecule has 2 rings (SSSR count). The first kappa shape index (κ1) is 12.8. The van der Waals surface area contributed by atoms with Gasteiger partial charge in [0.1, 0.15) is 5.82 Å². The van der Waals surface area contributed by atoms with Crippen molar-refractivity contribution in [3.63, 3.8) is 0 Å². The first-order valence-corrected chi connectivity index (χ1v) is 6.11. The summed E-state index contributed by atoms with van der Waals surface area (Å²) in [5.41, 5.74) is 7.98. The lowest BCUT2D eigenvalue weighted by molar-refractivity contribution is 0.522. The Hall–Kier alpha value is -1.68. The molecular formula is C14H18FN3.